The first kappa shape index (κ1) is 15.6. The van der Waals surface area contributed by atoms with Gasteiger partial charge in [0.05, 0.1) is 29.6 Å². The Balaban J connectivity index is 1.72. The van der Waals surface area contributed by atoms with Crippen LogP contribution in [-0.4, -0.2) is 16.3 Å². The molecule has 0 saturated carbocycles. The number of nitrogens with zero attached hydrogens (tertiary/aromatic N) is 3. The molecule has 25 heavy (non-hydrogen) atoms. The van der Waals surface area contributed by atoms with Crippen LogP contribution >= 0.6 is 0 Å². The lowest BCUT2D eigenvalue weighted by molar-refractivity contribution is 0.622. The summed E-state index contributed by atoms with van der Waals surface area (Å²) >= 11 is 0. The summed E-state index contributed by atoms with van der Waals surface area (Å²) in [6.07, 6.45) is 2.28. The molecule has 1 aromatic heterocycles. The lowest BCUT2D eigenvalue weighted by atomic mass is 10.0. The third-order valence-electron chi connectivity index (χ3n) is 4.69. The van der Waals surface area contributed by atoms with Gasteiger partial charge in [-0.3, -0.25) is 0 Å². The molecule has 0 spiro atoms. The van der Waals surface area contributed by atoms with Gasteiger partial charge in [-0.25, -0.2) is 4.68 Å². The monoisotopic (exact) mass is 328 g/mol. The van der Waals surface area contributed by atoms with Crippen LogP contribution in [0, 0.1) is 11.3 Å². The molecule has 0 fully saturated rings. The first-order valence-electron chi connectivity index (χ1n) is 8.65. The summed E-state index contributed by atoms with van der Waals surface area (Å²) in [5.41, 5.74) is 7.17. The smallest absolute Gasteiger partial charge is 0.0720 e. The van der Waals surface area contributed by atoms with Crippen LogP contribution in [0.2, 0.25) is 0 Å². The van der Waals surface area contributed by atoms with Crippen LogP contribution in [0.5, 0.6) is 0 Å². The van der Waals surface area contributed by atoms with Crippen molar-refractivity contribution in [2.45, 2.75) is 25.8 Å². The Labute approximate surface area is 147 Å². The lowest BCUT2D eigenvalue weighted by Gasteiger charge is -2.16. The van der Waals surface area contributed by atoms with Crippen molar-refractivity contribution >= 4 is 0 Å². The Kier molecular flexibility index (Phi) is 4.32. The molecule has 1 aliphatic rings. The highest BCUT2D eigenvalue weighted by Gasteiger charge is 2.21. The Hall–Kier alpha value is -2.90. The SMILES string of the molecule is N#CCc1ccc(-n2nc(Cc3ccccc3)c3c2CCNC3)cc1. The zero-order valence-corrected chi connectivity index (χ0v) is 14.1. The van der Waals surface area contributed by atoms with E-state index in [4.69, 9.17) is 10.4 Å². The maximum atomic E-state index is 8.83. The van der Waals surface area contributed by atoms with E-state index < -0.39 is 0 Å². The number of nitriles is 1. The Morgan fingerprint density at radius 2 is 1.84 bits per heavy atom. The van der Waals surface area contributed by atoms with E-state index in [1.165, 1.54) is 16.8 Å². The van der Waals surface area contributed by atoms with Crippen LogP contribution in [-0.2, 0) is 25.8 Å². The summed E-state index contributed by atoms with van der Waals surface area (Å²) in [6.45, 7) is 1.86. The largest absolute Gasteiger partial charge is 0.312 e. The number of benzene rings is 2. The highest BCUT2D eigenvalue weighted by Crippen LogP contribution is 2.24. The second kappa shape index (κ2) is 6.92. The minimum absolute atomic E-state index is 0.445. The summed E-state index contributed by atoms with van der Waals surface area (Å²) in [6, 6.07) is 20.9. The fourth-order valence-corrected chi connectivity index (χ4v) is 3.41. The van der Waals surface area contributed by atoms with Crippen LogP contribution in [0.3, 0.4) is 0 Å². The van der Waals surface area contributed by atoms with Crippen LogP contribution < -0.4 is 5.32 Å². The van der Waals surface area contributed by atoms with Gasteiger partial charge in [-0.1, -0.05) is 42.5 Å². The number of aromatic nitrogens is 2. The molecule has 4 rings (SSSR count). The fourth-order valence-electron chi connectivity index (χ4n) is 3.41. The third-order valence-corrected chi connectivity index (χ3v) is 4.69. The molecule has 0 aliphatic carbocycles. The van der Waals surface area contributed by atoms with Crippen molar-refractivity contribution in [1.29, 1.82) is 5.26 Å². The van der Waals surface area contributed by atoms with E-state index >= 15 is 0 Å². The lowest BCUT2D eigenvalue weighted by Crippen LogP contribution is -2.25. The Bertz CT molecular complexity index is 902. The molecule has 0 bridgehead atoms. The van der Waals surface area contributed by atoms with E-state index in [-0.39, 0.29) is 0 Å². The van der Waals surface area contributed by atoms with Crippen molar-refractivity contribution < 1.29 is 0 Å². The van der Waals surface area contributed by atoms with Crippen molar-refractivity contribution in [2.75, 3.05) is 6.54 Å². The highest BCUT2D eigenvalue weighted by molar-refractivity contribution is 5.42. The van der Waals surface area contributed by atoms with Crippen molar-refractivity contribution in [3.8, 4) is 11.8 Å². The van der Waals surface area contributed by atoms with Crippen molar-refractivity contribution in [1.82, 2.24) is 15.1 Å². The normalized spacial score (nSPS) is 13.2. The van der Waals surface area contributed by atoms with Gasteiger partial charge in [0.1, 0.15) is 0 Å². The van der Waals surface area contributed by atoms with E-state index in [1.807, 2.05) is 18.2 Å². The average Bonchev–Trinajstić information content (AvgIpc) is 3.02. The molecule has 4 nitrogen and oxygen atoms in total. The predicted octanol–water partition coefficient (Wildman–Crippen LogP) is 3.17. The van der Waals surface area contributed by atoms with Gasteiger partial charge < -0.3 is 5.32 Å². The molecule has 0 amide bonds. The van der Waals surface area contributed by atoms with E-state index in [0.717, 1.165) is 42.9 Å². The average molecular weight is 328 g/mol. The molecule has 3 aromatic rings. The van der Waals surface area contributed by atoms with Crippen LogP contribution in [0.15, 0.2) is 54.6 Å². The topological polar surface area (TPSA) is 53.6 Å². The molecule has 0 unspecified atom stereocenters. The van der Waals surface area contributed by atoms with Crippen LogP contribution in [0.1, 0.15) is 28.1 Å². The first-order valence-corrected chi connectivity index (χ1v) is 8.65. The molecule has 0 radical (unpaired) electrons. The second-order valence-electron chi connectivity index (χ2n) is 6.37. The molecular formula is C21H20N4. The molecule has 1 aliphatic heterocycles. The van der Waals surface area contributed by atoms with Crippen LogP contribution in [0.25, 0.3) is 5.69 Å². The maximum absolute atomic E-state index is 8.83. The molecule has 124 valence electrons. The molecule has 1 N–H and O–H groups in total. The number of fused-ring (bicyclic) bond motifs is 1. The van der Waals surface area contributed by atoms with E-state index in [0.29, 0.717) is 6.42 Å². The molecule has 0 atom stereocenters. The number of hydrogen-bond acceptors (Lipinski definition) is 3. The van der Waals surface area contributed by atoms with Gasteiger partial charge in [0.15, 0.2) is 0 Å². The summed E-state index contributed by atoms with van der Waals surface area (Å²) in [4.78, 5) is 0. The van der Waals surface area contributed by atoms with Gasteiger partial charge in [-0.15, -0.1) is 0 Å². The van der Waals surface area contributed by atoms with Crippen LogP contribution in [0.4, 0.5) is 0 Å². The second-order valence-corrected chi connectivity index (χ2v) is 6.37. The zero-order valence-electron chi connectivity index (χ0n) is 14.1. The summed E-state index contributed by atoms with van der Waals surface area (Å²) in [7, 11) is 0. The quantitative estimate of drug-likeness (QED) is 0.800. The molecule has 2 aromatic carbocycles. The fraction of sp³-hybridized carbons (Fsp3) is 0.238. The van der Waals surface area contributed by atoms with Gasteiger partial charge in [0.2, 0.25) is 0 Å². The van der Waals surface area contributed by atoms with Gasteiger partial charge >= 0.3 is 0 Å². The van der Waals surface area contributed by atoms with Gasteiger partial charge in [0.25, 0.3) is 0 Å². The van der Waals surface area contributed by atoms with Crippen molar-refractivity contribution in [2.24, 2.45) is 0 Å². The van der Waals surface area contributed by atoms with Crippen molar-refractivity contribution in [3.05, 3.63) is 82.7 Å². The molecule has 2 heterocycles. The third kappa shape index (κ3) is 3.19. The zero-order chi connectivity index (χ0) is 17.1. The van der Waals surface area contributed by atoms with E-state index in [9.17, 15) is 0 Å². The Morgan fingerprint density at radius 3 is 2.60 bits per heavy atom. The molecule has 4 heteroatoms. The summed E-state index contributed by atoms with van der Waals surface area (Å²) in [5.74, 6) is 0. The first-order chi connectivity index (χ1) is 12.3. The number of nitrogens with one attached hydrogen (secondary N) is 1. The minimum atomic E-state index is 0.445. The minimum Gasteiger partial charge on any atom is -0.312 e. The molecule has 0 saturated heterocycles. The highest BCUT2D eigenvalue weighted by atomic mass is 15.3. The van der Waals surface area contributed by atoms with E-state index in [2.05, 4.69) is 52.5 Å². The predicted molar refractivity (Wildman–Crippen MR) is 97.5 cm³/mol. The number of hydrogen-bond donors (Lipinski definition) is 1. The summed E-state index contributed by atoms with van der Waals surface area (Å²) in [5, 5.41) is 17.2. The van der Waals surface area contributed by atoms with Crippen molar-refractivity contribution in [3.63, 3.8) is 0 Å². The Morgan fingerprint density at radius 1 is 1.04 bits per heavy atom. The standard InChI is InChI=1S/C21H20N4/c22-12-10-16-6-8-18(9-7-16)25-21-11-13-23-15-19(21)20(24-25)14-17-4-2-1-3-5-17/h1-9,23H,10-11,13-15H2. The van der Waals surface area contributed by atoms with Gasteiger partial charge in [0, 0.05) is 31.5 Å². The maximum Gasteiger partial charge on any atom is 0.0720 e. The summed E-state index contributed by atoms with van der Waals surface area (Å²) < 4.78 is 2.09. The molecular weight excluding hydrogens is 308 g/mol. The number of rotatable bonds is 4. The van der Waals surface area contributed by atoms with E-state index in [1.54, 1.807) is 0 Å². The van der Waals surface area contributed by atoms with Gasteiger partial charge in [-0.05, 0) is 23.3 Å². The van der Waals surface area contributed by atoms with Gasteiger partial charge in [-0.2, -0.15) is 10.4 Å².